The first-order chi connectivity index (χ1) is 19.3. The molecule has 0 spiro atoms. The van der Waals surface area contributed by atoms with Crippen molar-refractivity contribution in [2.75, 3.05) is 24.5 Å². The van der Waals surface area contributed by atoms with Gasteiger partial charge in [-0.2, -0.15) is 0 Å². The van der Waals surface area contributed by atoms with Gasteiger partial charge in [-0.05, 0) is 33.8 Å². The van der Waals surface area contributed by atoms with Gasteiger partial charge in [0.1, 0.15) is 18.0 Å². The van der Waals surface area contributed by atoms with Gasteiger partial charge in [-0.3, -0.25) is 9.29 Å². The number of fused-ring (bicyclic) bond motifs is 3. The van der Waals surface area contributed by atoms with Gasteiger partial charge in [0.2, 0.25) is 16.0 Å². The highest BCUT2D eigenvalue weighted by atomic mass is 35.5. The van der Waals surface area contributed by atoms with Crippen LogP contribution in [-0.4, -0.2) is 75.7 Å². The number of sulfonamides is 1. The molecule has 0 unspecified atom stereocenters. The molecule has 1 aliphatic rings. The second kappa shape index (κ2) is 12.3. The van der Waals surface area contributed by atoms with E-state index in [1.807, 2.05) is 0 Å². The van der Waals surface area contributed by atoms with Gasteiger partial charge in [-0.25, -0.2) is 23.4 Å². The summed E-state index contributed by atoms with van der Waals surface area (Å²) < 4.78 is 91.3. The number of pyridine rings is 1. The number of hydrogen-bond donors (Lipinski definition) is 1. The fourth-order valence-electron chi connectivity index (χ4n) is 3.97. The fourth-order valence-corrected chi connectivity index (χ4v) is 5.16. The number of nitrogens with one attached hydrogen (secondary N) is 1. The largest absolute Gasteiger partial charge is 0.574 e. The summed E-state index contributed by atoms with van der Waals surface area (Å²) in [6.45, 7) is 6.69. The Labute approximate surface area is 238 Å². The minimum Gasteiger partial charge on any atom is -0.485 e. The van der Waals surface area contributed by atoms with Gasteiger partial charge in [0.25, 0.3) is 5.88 Å². The third-order valence-electron chi connectivity index (χ3n) is 5.78. The first-order valence-corrected chi connectivity index (χ1v) is 14.3. The van der Waals surface area contributed by atoms with Crippen molar-refractivity contribution in [3.63, 3.8) is 0 Å². The van der Waals surface area contributed by atoms with Crippen LogP contribution in [0, 0.1) is 0 Å². The molecule has 1 N–H and O–H groups in total. The van der Waals surface area contributed by atoms with E-state index < -0.39 is 39.7 Å². The molecule has 13 nitrogen and oxygen atoms in total. The Morgan fingerprint density at radius 3 is 2.54 bits per heavy atom. The summed E-state index contributed by atoms with van der Waals surface area (Å²) in [6.07, 6.45) is -2.77. The van der Waals surface area contributed by atoms with Crippen molar-refractivity contribution in [1.82, 2.24) is 29.7 Å². The van der Waals surface area contributed by atoms with Gasteiger partial charge >= 0.3 is 6.36 Å². The van der Waals surface area contributed by atoms with Crippen molar-refractivity contribution in [3.8, 4) is 23.0 Å². The fraction of sp³-hybridized carbons (Fsp3) is 0.522. The second-order valence-corrected chi connectivity index (χ2v) is 11.6. The third-order valence-corrected chi connectivity index (χ3v) is 7.67. The SMILES string of the molecule is CCOC[C@H]1COc2c(ccnc2OC(F)(F)F)-c2nnc(NS(=O)(=O)[C@@H](C)[C@@H](OC(C)C)c3ncc(Cl)cn3)n21. The molecule has 0 aliphatic carbocycles. The smallest absolute Gasteiger partial charge is 0.485 e. The highest BCUT2D eigenvalue weighted by molar-refractivity contribution is 7.93. The van der Waals surface area contributed by atoms with Crippen LogP contribution >= 0.6 is 11.6 Å². The van der Waals surface area contributed by atoms with E-state index in [0.29, 0.717) is 6.61 Å². The molecule has 0 bridgehead atoms. The predicted molar refractivity (Wildman–Crippen MR) is 139 cm³/mol. The second-order valence-electron chi connectivity index (χ2n) is 9.10. The number of ether oxygens (including phenoxy) is 4. The monoisotopic (exact) mass is 621 g/mol. The Bertz CT molecular complexity index is 1460. The van der Waals surface area contributed by atoms with Crippen LogP contribution < -0.4 is 14.2 Å². The summed E-state index contributed by atoms with van der Waals surface area (Å²) >= 11 is 5.89. The van der Waals surface area contributed by atoms with Crippen LogP contribution in [0.5, 0.6) is 11.6 Å². The highest BCUT2D eigenvalue weighted by Crippen LogP contribution is 2.42. The molecule has 0 aromatic carbocycles. The molecule has 224 valence electrons. The highest BCUT2D eigenvalue weighted by Gasteiger charge is 2.39. The van der Waals surface area contributed by atoms with Crippen LogP contribution in [0.2, 0.25) is 5.02 Å². The van der Waals surface area contributed by atoms with Crippen LogP contribution in [0.1, 0.15) is 45.7 Å². The Hall–Kier alpha value is -3.28. The third kappa shape index (κ3) is 7.14. The lowest BCUT2D eigenvalue weighted by atomic mass is 10.2. The number of rotatable bonds is 11. The van der Waals surface area contributed by atoms with E-state index in [4.69, 9.17) is 25.8 Å². The van der Waals surface area contributed by atoms with E-state index in [-0.39, 0.29) is 53.3 Å². The zero-order chi connectivity index (χ0) is 29.9. The molecule has 3 atom stereocenters. The molecule has 18 heteroatoms. The molecule has 4 rings (SSSR count). The number of aromatic nitrogens is 6. The van der Waals surface area contributed by atoms with Crippen molar-refractivity contribution in [3.05, 3.63) is 35.5 Å². The average molecular weight is 622 g/mol. The topological polar surface area (TPSA) is 152 Å². The van der Waals surface area contributed by atoms with E-state index in [9.17, 15) is 21.6 Å². The molecule has 0 saturated heterocycles. The molecule has 0 radical (unpaired) electrons. The van der Waals surface area contributed by atoms with Crippen LogP contribution in [0.25, 0.3) is 11.4 Å². The van der Waals surface area contributed by atoms with E-state index in [1.54, 1.807) is 20.8 Å². The maximum atomic E-state index is 13.6. The van der Waals surface area contributed by atoms with E-state index >= 15 is 0 Å². The van der Waals surface area contributed by atoms with Crippen LogP contribution in [-0.2, 0) is 19.5 Å². The van der Waals surface area contributed by atoms with Crippen LogP contribution in [0.3, 0.4) is 0 Å². The summed E-state index contributed by atoms with van der Waals surface area (Å²) in [5, 5.41) is 7.11. The lowest BCUT2D eigenvalue weighted by molar-refractivity contribution is -0.276. The first-order valence-electron chi connectivity index (χ1n) is 12.4. The van der Waals surface area contributed by atoms with Crippen LogP contribution in [0.15, 0.2) is 24.7 Å². The summed E-state index contributed by atoms with van der Waals surface area (Å²) in [7, 11) is -4.26. The molecule has 0 saturated carbocycles. The Morgan fingerprint density at radius 2 is 1.90 bits per heavy atom. The zero-order valence-corrected chi connectivity index (χ0v) is 23.9. The number of nitrogens with zero attached hydrogens (tertiary/aromatic N) is 6. The molecule has 4 heterocycles. The van der Waals surface area contributed by atoms with Gasteiger partial charge < -0.3 is 18.9 Å². The maximum Gasteiger partial charge on any atom is 0.574 e. The van der Waals surface area contributed by atoms with Gasteiger partial charge in [0.15, 0.2) is 17.4 Å². The van der Waals surface area contributed by atoms with E-state index in [0.717, 1.165) is 6.20 Å². The van der Waals surface area contributed by atoms with Gasteiger partial charge in [0, 0.05) is 25.2 Å². The van der Waals surface area contributed by atoms with Gasteiger partial charge in [-0.1, -0.05) is 11.6 Å². The molecule has 0 fully saturated rings. The maximum absolute atomic E-state index is 13.6. The normalized spacial score (nSPS) is 16.8. The number of anilines is 1. The summed E-state index contributed by atoms with van der Waals surface area (Å²) in [5.74, 6) is -1.26. The molecule has 0 amide bonds. The standard InChI is InChI=1S/C23H27ClF3N7O6S/c1-5-37-10-15-11-38-18-16(6-7-28-21(18)40-23(25,26)27)20-31-32-22(34(15)20)33-41(35,36)13(4)17(39-12(2)3)19-29-8-14(24)9-30-19/h6-9,12-13,15,17H,5,10-11H2,1-4H3,(H,32,33)/t13-,15-,17+/m0/s1. The van der Waals surface area contributed by atoms with E-state index in [2.05, 4.69) is 34.6 Å². The Morgan fingerprint density at radius 1 is 1.20 bits per heavy atom. The first kappa shape index (κ1) is 30.7. The minimum atomic E-state index is -5.03. The average Bonchev–Trinajstić information content (AvgIpc) is 3.21. The van der Waals surface area contributed by atoms with Crippen LogP contribution in [0.4, 0.5) is 19.1 Å². The summed E-state index contributed by atoms with van der Waals surface area (Å²) in [5.41, 5.74) is 0.0554. The quantitative estimate of drug-likeness (QED) is 0.331. The van der Waals surface area contributed by atoms with Gasteiger partial charge in [-0.15, -0.1) is 23.4 Å². The zero-order valence-electron chi connectivity index (χ0n) is 22.3. The van der Waals surface area contributed by atoms with Crippen molar-refractivity contribution in [1.29, 1.82) is 0 Å². The van der Waals surface area contributed by atoms with Crippen molar-refractivity contribution < 1.29 is 40.5 Å². The Kier molecular flexibility index (Phi) is 9.20. The minimum absolute atomic E-state index is 0.000397. The van der Waals surface area contributed by atoms with Crippen molar-refractivity contribution in [2.45, 2.75) is 57.6 Å². The molecular weight excluding hydrogens is 595 g/mol. The van der Waals surface area contributed by atoms with Crippen molar-refractivity contribution >= 4 is 27.6 Å². The lowest BCUT2D eigenvalue weighted by Gasteiger charge is -2.26. The molecule has 41 heavy (non-hydrogen) atoms. The molecule has 1 aliphatic heterocycles. The van der Waals surface area contributed by atoms with Gasteiger partial charge in [0.05, 0.1) is 29.3 Å². The number of halogens is 4. The summed E-state index contributed by atoms with van der Waals surface area (Å²) in [6, 6.07) is 0.606. The number of hydrogen-bond acceptors (Lipinski definition) is 11. The molecule has 3 aromatic rings. The van der Waals surface area contributed by atoms with E-state index in [1.165, 1.54) is 30.0 Å². The number of alkyl halides is 3. The lowest BCUT2D eigenvalue weighted by Crippen LogP contribution is -2.35. The molecular formula is C23H27ClF3N7O6S. The summed E-state index contributed by atoms with van der Waals surface area (Å²) in [4.78, 5) is 11.9. The Balaban J connectivity index is 1.74. The van der Waals surface area contributed by atoms with Crippen molar-refractivity contribution in [2.24, 2.45) is 0 Å². The molecule has 3 aromatic heterocycles. The predicted octanol–water partition coefficient (Wildman–Crippen LogP) is 3.95.